The molecule has 2 amide bonds. The summed E-state index contributed by atoms with van der Waals surface area (Å²) in [7, 11) is 0. The quantitative estimate of drug-likeness (QED) is 0.417. The molecule has 4 aromatic rings. The van der Waals surface area contributed by atoms with Gasteiger partial charge in [-0.3, -0.25) is 19.7 Å². The van der Waals surface area contributed by atoms with Gasteiger partial charge in [-0.25, -0.2) is 8.78 Å². The molecule has 0 radical (unpaired) electrons. The Hall–Kier alpha value is -4.65. The molecule has 8 nitrogen and oxygen atoms in total. The number of nitriles is 1. The van der Waals surface area contributed by atoms with Gasteiger partial charge in [0.15, 0.2) is 0 Å². The topological polar surface area (TPSA) is 115 Å². The second kappa shape index (κ2) is 9.19. The first-order chi connectivity index (χ1) is 17.3. The van der Waals surface area contributed by atoms with Crippen molar-refractivity contribution in [2.75, 3.05) is 13.1 Å². The van der Waals surface area contributed by atoms with E-state index in [-0.39, 0.29) is 0 Å². The van der Waals surface area contributed by atoms with E-state index in [4.69, 9.17) is 5.26 Å². The lowest BCUT2D eigenvalue weighted by Gasteiger charge is -2.19. The van der Waals surface area contributed by atoms with Gasteiger partial charge >= 0.3 is 0 Å². The van der Waals surface area contributed by atoms with Crippen molar-refractivity contribution in [3.63, 3.8) is 0 Å². The number of amides is 2. The number of likely N-dealkylation sites (tertiary alicyclic amines) is 1. The first-order valence-electron chi connectivity index (χ1n) is 11.2. The molecule has 1 fully saturated rings. The van der Waals surface area contributed by atoms with E-state index in [1.165, 1.54) is 12.3 Å². The molecular formula is C26H20F2N6O2. The van der Waals surface area contributed by atoms with Crippen LogP contribution < -0.4 is 5.32 Å². The Labute approximate surface area is 204 Å². The number of H-pyrrole nitrogens is 1. The largest absolute Gasteiger partial charge is 0.343 e. The lowest BCUT2D eigenvalue weighted by Crippen LogP contribution is -2.43. The van der Waals surface area contributed by atoms with Gasteiger partial charge in [0.25, 0.3) is 11.8 Å². The van der Waals surface area contributed by atoms with E-state index in [0.29, 0.717) is 16.5 Å². The van der Waals surface area contributed by atoms with Crippen molar-refractivity contribution in [2.24, 2.45) is 0 Å². The van der Waals surface area contributed by atoms with Crippen LogP contribution in [0.1, 0.15) is 27.9 Å². The maximum Gasteiger partial charge on any atom is 0.268 e. The number of nitrogens with one attached hydrogen (secondary N) is 2. The van der Waals surface area contributed by atoms with Crippen LogP contribution in [-0.4, -0.2) is 56.9 Å². The van der Waals surface area contributed by atoms with Crippen LogP contribution in [0.25, 0.3) is 34.0 Å². The summed E-state index contributed by atoms with van der Waals surface area (Å²) in [4.78, 5) is 30.4. The minimum Gasteiger partial charge on any atom is -0.343 e. The molecule has 1 saturated heterocycles. The fourth-order valence-corrected chi connectivity index (χ4v) is 4.27. The van der Waals surface area contributed by atoms with Crippen molar-refractivity contribution in [3.05, 3.63) is 71.5 Å². The zero-order chi connectivity index (χ0) is 25.3. The molecule has 2 aromatic heterocycles. The van der Waals surface area contributed by atoms with E-state index >= 15 is 0 Å². The molecule has 0 saturated carbocycles. The van der Waals surface area contributed by atoms with E-state index in [0.717, 1.165) is 26.9 Å². The summed E-state index contributed by atoms with van der Waals surface area (Å²) in [5.41, 5.74) is 3.65. The standard InChI is InChI=1S/C26H20F2N6O2/c27-26(28)11-19(12-29)34(15-26)24(35)14-31-25(36)20-7-8-30-23-6-4-17(10-21(20)23)2-1-16-3-5-22-18(9-16)13-32-33-22/h1-10,13,19H,11,14-15H2,(H,31,36)(H,32,33)/b2-1+. The molecular weight excluding hydrogens is 466 g/mol. The second-order valence-corrected chi connectivity index (χ2v) is 8.59. The molecule has 36 heavy (non-hydrogen) atoms. The summed E-state index contributed by atoms with van der Waals surface area (Å²) < 4.78 is 27.3. The van der Waals surface area contributed by atoms with Gasteiger partial charge in [-0.2, -0.15) is 10.4 Å². The molecule has 0 spiro atoms. The molecule has 5 rings (SSSR count). The van der Waals surface area contributed by atoms with Crippen LogP contribution in [0.3, 0.4) is 0 Å². The van der Waals surface area contributed by atoms with Crippen LogP contribution in [0.15, 0.2) is 54.9 Å². The fraction of sp³-hybridized carbons (Fsp3) is 0.192. The van der Waals surface area contributed by atoms with Crippen LogP contribution in [0, 0.1) is 11.3 Å². The number of pyridine rings is 1. The Morgan fingerprint density at radius 3 is 2.78 bits per heavy atom. The van der Waals surface area contributed by atoms with Crippen LogP contribution >= 0.6 is 0 Å². The normalized spacial score (nSPS) is 17.0. The number of fused-ring (bicyclic) bond motifs is 2. The summed E-state index contributed by atoms with van der Waals surface area (Å²) in [6, 6.07) is 13.4. The number of hydrogen-bond donors (Lipinski definition) is 2. The number of halogens is 2. The maximum atomic E-state index is 13.6. The number of nitrogens with zero attached hydrogens (tertiary/aromatic N) is 4. The fourth-order valence-electron chi connectivity index (χ4n) is 4.27. The predicted molar refractivity (Wildman–Crippen MR) is 130 cm³/mol. The molecule has 1 aliphatic rings. The molecule has 1 unspecified atom stereocenters. The summed E-state index contributed by atoms with van der Waals surface area (Å²) in [6.45, 7) is -1.33. The number of aromatic nitrogens is 3. The Morgan fingerprint density at radius 1 is 1.19 bits per heavy atom. The number of carbonyl (C=O) groups is 2. The number of benzene rings is 2. The van der Waals surface area contributed by atoms with Gasteiger partial charge in [0.1, 0.15) is 6.04 Å². The lowest BCUT2D eigenvalue weighted by molar-refractivity contribution is -0.131. The third-order valence-electron chi connectivity index (χ3n) is 6.08. The van der Waals surface area contributed by atoms with Crippen molar-refractivity contribution in [3.8, 4) is 6.07 Å². The minimum absolute atomic E-state index is 0.298. The zero-order valence-electron chi connectivity index (χ0n) is 18.9. The molecule has 1 aliphatic heterocycles. The van der Waals surface area contributed by atoms with Crippen molar-refractivity contribution >= 4 is 45.8 Å². The van der Waals surface area contributed by atoms with E-state index in [1.54, 1.807) is 18.3 Å². The molecule has 1 atom stereocenters. The number of carbonyl (C=O) groups excluding carboxylic acids is 2. The van der Waals surface area contributed by atoms with Crippen molar-refractivity contribution in [1.29, 1.82) is 5.26 Å². The highest BCUT2D eigenvalue weighted by molar-refractivity contribution is 6.07. The molecule has 3 heterocycles. The van der Waals surface area contributed by atoms with Crippen molar-refractivity contribution in [2.45, 2.75) is 18.4 Å². The number of aromatic amines is 1. The second-order valence-electron chi connectivity index (χ2n) is 8.59. The zero-order valence-corrected chi connectivity index (χ0v) is 18.9. The van der Waals surface area contributed by atoms with E-state index < -0.39 is 43.3 Å². The van der Waals surface area contributed by atoms with Gasteiger partial charge < -0.3 is 10.2 Å². The average molecular weight is 486 g/mol. The minimum atomic E-state index is -3.12. The summed E-state index contributed by atoms with van der Waals surface area (Å²) in [6.07, 6.45) is 6.39. The number of hydrogen-bond acceptors (Lipinski definition) is 5. The van der Waals surface area contributed by atoms with E-state index in [1.807, 2.05) is 42.5 Å². The van der Waals surface area contributed by atoms with Crippen LogP contribution in [0.5, 0.6) is 0 Å². The highest BCUT2D eigenvalue weighted by Crippen LogP contribution is 2.31. The Bertz CT molecular complexity index is 1560. The Kier molecular flexibility index (Phi) is 5.90. The van der Waals surface area contributed by atoms with Crippen molar-refractivity contribution < 1.29 is 18.4 Å². The Morgan fingerprint density at radius 2 is 1.97 bits per heavy atom. The van der Waals surface area contributed by atoms with Gasteiger partial charge in [-0.1, -0.05) is 24.3 Å². The monoisotopic (exact) mass is 486 g/mol. The first-order valence-corrected chi connectivity index (χ1v) is 11.2. The summed E-state index contributed by atoms with van der Waals surface area (Å²) >= 11 is 0. The highest BCUT2D eigenvalue weighted by atomic mass is 19.3. The molecule has 10 heteroatoms. The summed E-state index contributed by atoms with van der Waals surface area (Å²) in [5.74, 6) is -4.39. The SMILES string of the molecule is N#CC1CC(F)(F)CN1C(=O)CNC(=O)c1ccnc2ccc(/C=C/c3ccc4[nH]ncc4c3)cc12. The van der Waals surface area contributed by atoms with Crippen LogP contribution in [-0.2, 0) is 4.79 Å². The third kappa shape index (κ3) is 4.63. The first kappa shape index (κ1) is 23.1. The third-order valence-corrected chi connectivity index (χ3v) is 6.08. The van der Waals surface area contributed by atoms with Gasteiger partial charge in [0.05, 0.1) is 42.0 Å². The van der Waals surface area contributed by atoms with Gasteiger partial charge in [0, 0.05) is 23.4 Å². The molecule has 180 valence electrons. The van der Waals surface area contributed by atoms with E-state index in [2.05, 4.69) is 20.5 Å². The number of alkyl halides is 2. The molecule has 2 aromatic carbocycles. The van der Waals surface area contributed by atoms with Crippen LogP contribution in [0.2, 0.25) is 0 Å². The maximum absolute atomic E-state index is 13.6. The van der Waals surface area contributed by atoms with Gasteiger partial charge in [-0.15, -0.1) is 0 Å². The Balaban J connectivity index is 1.33. The van der Waals surface area contributed by atoms with Gasteiger partial charge in [-0.05, 0) is 41.5 Å². The van der Waals surface area contributed by atoms with Gasteiger partial charge in [0.2, 0.25) is 5.91 Å². The lowest BCUT2D eigenvalue weighted by atomic mass is 10.0. The number of rotatable bonds is 5. The molecule has 2 N–H and O–H groups in total. The van der Waals surface area contributed by atoms with Crippen molar-refractivity contribution in [1.82, 2.24) is 25.4 Å². The molecule has 0 bridgehead atoms. The van der Waals surface area contributed by atoms with E-state index in [9.17, 15) is 18.4 Å². The highest BCUT2D eigenvalue weighted by Gasteiger charge is 2.47. The smallest absolute Gasteiger partial charge is 0.268 e. The summed E-state index contributed by atoms with van der Waals surface area (Å²) in [5, 5.41) is 20.1. The average Bonchev–Trinajstić information content (AvgIpc) is 3.48. The predicted octanol–water partition coefficient (Wildman–Crippen LogP) is 3.77. The van der Waals surface area contributed by atoms with Crippen LogP contribution in [0.4, 0.5) is 8.78 Å². The molecule has 0 aliphatic carbocycles.